The quantitative estimate of drug-likeness (QED) is 0.805. The van der Waals surface area contributed by atoms with Gasteiger partial charge in [-0.3, -0.25) is 4.79 Å². The van der Waals surface area contributed by atoms with Crippen molar-refractivity contribution in [3.8, 4) is 0 Å². The van der Waals surface area contributed by atoms with Crippen LogP contribution in [-0.4, -0.2) is 52.2 Å². The smallest absolute Gasteiger partial charge is 0.164 e. The number of benzene rings is 1. The fourth-order valence-electron chi connectivity index (χ4n) is 3.26. The van der Waals surface area contributed by atoms with Crippen molar-refractivity contribution in [3.05, 3.63) is 39.9 Å². The van der Waals surface area contributed by atoms with Crippen molar-refractivity contribution in [3.63, 3.8) is 0 Å². The maximum atomic E-state index is 12.2. The van der Waals surface area contributed by atoms with Gasteiger partial charge in [0.05, 0.1) is 34.3 Å². The number of allylic oxidation sites excluding steroid dienone is 1. The van der Waals surface area contributed by atoms with Crippen molar-refractivity contribution in [1.82, 2.24) is 14.5 Å². The Bertz CT molecular complexity index is 942. The molecule has 0 saturated carbocycles. The zero-order valence-corrected chi connectivity index (χ0v) is 15.8. The summed E-state index contributed by atoms with van der Waals surface area (Å²) in [6.45, 7) is 2.81. The highest BCUT2D eigenvalue weighted by atomic mass is 35.5. The SMILES string of the molecule is Cn1c(CC2=NC(N3CCOCC3)=CC(=O)C2)nc2cc(Cl)c(Cl)cc21. The lowest BCUT2D eigenvalue weighted by atomic mass is 10.1. The number of aryl methyl sites for hydroxylation is 1. The van der Waals surface area contributed by atoms with Crippen LogP contribution >= 0.6 is 23.2 Å². The van der Waals surface area contributed by atoms with Gasteiger partial charge in [0.15, 0.2) is 5.78 Å². The van der Waals surface area contributed by atoms with Crippen LogP contribution in [0, 0.1) is 0 Å². The van der Waals surface area contributed by atoms with Crippen LogP contribution in [0.15, 0.2) is 29.0 Å². The van der Waals surface area contributed by atoms with Crippen LogP contribution in [0.25, 0.3) is 11.0 Å². The molecule has 2 aliphatic rings. The number of morpholine rings is 1. The van der Waals surface area contributed by atoms with Gasteiger partial charge < -0.3 is 14.2 Å². The third-order valence-corrected chi connectivity index (χ3v) is 5.38. The van der Waals surface area contributed by atoms with E-state index >= 15 is 0 Å². The maximum absolute atomic E-state index is 12.2. The first-order valence-corrected chi connectivity index (χ1v) is 9.21. The number of carbonyl (C=O) groups is 1. The summed E-state index contributed by atoms with van der Waals surface area (Å²) in [6, 6.07) is 3.57. The number of hydrogen-bond donors (Lipinski definition) is 0. The fraction of sp³-hybridized carbons (Fsp3) is 0.389. The highest BCUT2D eigenvalue weighted by Crippen LogP contribution is 2.28. The number of rotatable bonds is 3. The number of hydrogen-bond acceptors (Lipinski definition) is 5. The predicted octanol–water partition coefficient (Wildman–Crippen LogP) is 3.01. The van der Waals surface area contributed by atoms with Crippen LogP contribution in [0.1, 0.15) is 12.2 Å². The van der Waals surface area contributed by atoms with Gasteiger partial charge in [-0.25, -0.2) is 9.98 Å². The Hall–Kier alpha value is -1.89. The molecule has 0 aliphatic carbocycles. The minimum Gasteiger partial charge on any atom is -0.378 e. The van der Waals surface area contributed by atoms with Gasteiger partial charge >= 0.3 is 0 Å². The molecule has 6 nitrogen and oxygen atoms in total. The largest absolute Gasteiger partial charge is 0.378 e. The molecule has 3 heterocycles. The normalized spacial score (nSPS) is 18.3. The summed E-state index contributed by atoms with van der Waals surface area (Å²) < 4.78 is 7.34. The van der Waals surface area contributed by atoms with Crippen molar-refractivity contribution in [2.45, 2.75) is 12.8 Å². The molecular formula is C18H18Cl2N4O2. The molecule has 4 rings (SSSR count). The number of fused-ring (bicyclic) bond motifs is 1. The lowest BCUT2D eigenvalue weighted by Crippen LogP contribution is -2.36. The summed E-state index contributed by atoms with van der Waals surface area (Å²) in [4.78, 5) is 23.6. The van der Waals surface area contributed by atoms with Crippen LogP contribution in [-0.2, 0) is 23.0 Å². The van der Waals surface area contributed by atoms with E-state index in [9.17, 15) is 4.79 Å². The topological polar surface area (TPSA) is 59.7 Å². The zero-order valence-electron chi connectivity index (χ0n) is 14.3. The van der Waals surface area contributed by atoms with E-state index in [-0.39, 0.29) is 5.78 Å². The molecule has 0 radical (unpaired) electrons. The minimum atomic E-state index is 0.0707. The van der Waals surface area contributed by atoms with E-state index in [0.717, 1.165) is 41.5 Å². The van der Waals surface area contributed by atoms with E-state index in [1.807, 2.05) is 17.7 Å². The number of ether oxygens (including phenoxy) is 1. The lowest BCUT2D eigenvalue weighted by molar-refractivity contribution is -0.113. The molecule has 1 fully saturated rings. The summed E-state index contributed by atoms with van der Waals surface area (Å²) in [7, 11) is 1.93. The van der Waals surface area contributed by atoms with Crippen LogP contribution in [0.2, 0.25) is 10.0 Å². The molecule has 8 heteroatoms. The van der Waals surface area contributed by atoms with E-state index in [2.05, 4.69) is 9.88 Å². The Kier molecular flexibility index (Phi) is 4.73. The molecular weight excluding hydrogens is 375 g/mol. The van der Waals surface area contributed by atoms with Crippen molar-refractivity contribution in [1.29, 1.82) is 0 Å². The van der Waals surface area contributed by atoms with Gasteiger partial charge in [-0.2, -0.15) is 0 Å². The van der Waals surface area contributed by atoms with Crippen LogP contribution < -0.4 is 0 Å². The first-order chi connectivity index (χ1) is 12.5. The second kappa shape index (κ2) is 7.02. The van der Waals surface area contributed by atoms with Crippen molar-refractivity contribution >= 4 is 45.7 Å². The molecule has 136 valence electrons. The summed E-state index contributed by atoms with van der Waals surface area (Å²) in [5.41, 5.74) is 2.50. The minimum absolute atomic E-state index is 0.0707. The molecule has 0 N–H and O–H groups in total. The van der Waals surface area contributed by atoms with Crippen LogP contribution in [0.5, 0.6) is 0 Å². The average Bonchev–Trinajstić information content (AvgIpc) is 2.91. The Morgan fingerprint density at radius 1 is 1.19 bits per heavy atom. The molecule has 1 saturated heterocycles. The van der Waals surface area contributed by atoms with Gasteiger partial charge in [0.1, 0.15) is 11.6 Å². The van der Waals surface area contributed by atoms with Gasteiger partial charge in [-0.15, -0.1) is 0 Å². The summed E-state index contributed by atoms with van der Waals surface area (Å²) in [6.07, 6.45) is 2.45. The number of halogens is 2. The standard InChI is InChI=1S/C18H18Cl2N4O2/c1-23-16-10-14(20)13(19)9-15(16)22-17(23)7-11-6-12(25)8-18(21-11)24-2-4-26-5-3-24/h8-10H,2-7H2,1H3. The molecule has 0 unspecified atom stereocenters. The third-order valence-electron chi connectivity index (χ3n) is 4.65. The second-order valence-electron chi connectivity index (χ2n) is 6.44. The molecule has 0 atom stereocenters. The Morgan fingerprint density at radius 3 is 2.69 bits per heavy atom. The van der Waals surface area contributed by atoms with Crippen LogP contribution in [0.3, 0.4) is 0 Å². The molecule has 1 aromatic carbocycles. The fourth-order valence-corrected chi connectivity index (χ4v) is 3.58. The maximum Gasteiger partial charge on any atom is 0.164 e. The number of nitrogens with zero attached hydrogens (tertiary/aromatic N) is 4. The summed E-state index contributed by atoms with van der Waals surface area (Å²) in [5, 5.41) is 0.975. The summed E-state index contributed by atoms with van der Waals surface area (Å²) in [5.74, 6) is 1.62. The number of imidazole rings is 1. The van der Waals surface area contributed by atoms with Gasteiger partial charge in [-0.05, 0) is 12.1 Å². The molecule has 0 amide bonds. The van der Waals surface area contributed by atoms with E-state index in [0.29, 0.717) is 36.1 Å². The number of aliphatic imine (C=N–C) groups is 1. The highest BCUT2D eigenvalue weighted by molar-refractivity contribution is 6.42. The Balaban J connectivity index is 1.63. The first kappa shape index (κ1) is 17.5. The number of ketones is 1. The number of aromatic nitrogens is 2. The second-order valence-corrected chi connectivity index (χ2v) is 7.26. The molecule has 1 aromatic heterocycles. The molecule has 26 heavy (non-hydrogen) atoms. The van der Waals surface area contributed by atoms with E-state index in [1.54, 1.807) is 12.1 Å². The predicted molar refractivity (Wildman–Crippen MR) is 102 cm³/mol. The average molecular weight is 393 g/mol. The van der Waals surface area contributed by atoms with Crippen molar-refractivity contribution < 1.29 is 9.53 Å². The van der Waals surface area contributed by atoms with Gasteiger partial charge in [0.25, 0.3) is 0 Å². The van der Waals surface area contributed by atoms with Crippen LogP contribution in [0.4, 0.5) is 0 Å². The monoisotopic (exact) mass is 392 g/mol. The van der Waals surface area contributed by atoms with Crippen molar-refractivity contribution in [2.24, 2.45) is 12.0 Å². The highest BCUT2D eigenvalue weighted by Gasteiger charge is 2.22. The molecule has 0 bridgehead atoms. The van der Waals surface area contributed by atoms with Crippen molar-refractivity contribution in [2.75, 3.05) is 26.3 Å². The first-order valence-electron chi connectivity index (χ1n) is 8.45. The zero-order chi connectivity index (χ0) is 18.3. The van der Waals surface area contributed by atoms with Gasteiger partial charge in [-0.1, -0.05) is 23.2 Å². The van der Waals surface area contributed by atoms with Gasteiger partial charge in [0, 0.05) is 44.8 Å². The van der Waals surface area contributed by atoms with E-state index in [4.69, 9.17) is 32.9 Å². The van der Waals surface area contributed by atoms with E-state index in [1.165, 1.54) is 0 Å². The number of carbonyl (C=O) groups excluding carboxylic acids is 1. The Morgan fingerprint density at radius 2 is 1.92 bits per heavy atom. The lowest BCUT2D eigenvalue weighted by Gasteiger charge is -2.30. The summed E-state index contributed by atoms with van der Waals surface area (Å²) >= 11 is 12.2. The van der Waals surface area contributed by atoms with E-state index < -0.39 is 0 Å². The van der Waals surface area contributed by atoms with Gasteiger partial charge in [0.2, 0.25) is 0 Å². The third kappa shape index (κ3) is 3.37. The molecule has 2 aromatic rings. The molecule has 2 aliphatic heterocycles. The Labute approximate surface area is 161 Å². The molecule has 0 spiro atoms.